The summed E-state index contributed by atoms with van der Waals surface area (Å²) in [6, 6.07) is 13.3. The van der Waals surface area contributed by atoms with Crippen LogP contribution >= 0.6 is 0 Å². The minimum atomic E-state index is -4.42. The van der Waals surface area contributed by atoms with Gasteiger partial charge in [0.25, 0.3) is 10.1 Å². The normalized spacial score (nSPS) is 12.0. The van der Waals surface area contributed by atoms with Crippen molar-refractivity contribution in [1.29, 1.82) is 0 Å². The zero-order chi connectivity index (χ0) is 17.3. The van der Waals surface area contributed by atoms with Gasteiger partial charge in [-0.3, -0.25) is 4.55 Å². The number of hydrogen-bond acceptors (Lipinski definition) is 6. The van der Waals surface area contributed by atoms with Crippen LogP contribution in [0, 0.1) is 0 Å². The summed E-state index contributed by atoms with van der Waals surface area (Å²) in [5.41, 5.74) is 0.222. The highest BCUT2D eigenvalue weighted by Crippen LogP contribution is 2.34. The number of fused-ring (bicyclic) bond motifs is 1. The molecule has 0 heterocycles. The third-order valence-electron chi connectivity index (χ3n) is 3.33. The van der Waals surface area contributed by atoms with E-state index in [9.17, 15) is 18.6 Å². The third-order valence-corrected chi connectivity index (χ3v) is 4.18. The lowest BCUT2D eigenvalue weighted by Gasteiger charge is -2.04. The second-order valence-corrected chi connectivity index (χ2v) is 6.43. The fraction of sp³-hybridized carbons (Fsp3) is 0. The van der Waals surface area contributed by atoms with Crippen LogP contribution in [0.2, 0.25) is 0 Å². The van der Waals surface area contributed by atoms with Crippen molar-refractivity contribution >= 4 is 32.3 Å². The van der Waals surface area contributed by atoms with Crippen LogP contribution < -0.4 is 0 Å². The smallest absolute Gasteiger partial charge is 0.294 e. The Morgan fingerprint density at radius 3 is 2.29 bits per heavy atom. The molecule has 0 amide bonds. The minimum Gasteiger partial charge on any atom is -0.508 e. The Labute approximate surface area is 137 Å². The first-order chi connectivity index (χ1) is 11.3. The van der Waals surface area contributed by atoms with E-state index >= 15 is 0 Å². The lowest BCUT2D eigenvalue weighted by atomic mass is 10.1. The summed E-state index contributed by atoms with van der Waals surface area (Å²) in [6.07, 6.45) is 0. The molecule has 0 aliphatic rings. The molecule has 0 fully saturated rings. The molecule has 0 unspecified atom stereocenters. The van der Waals surface area contributed by atoms with Gasteiger partial charge in [0.1, 0.15) is 17.2 Å². The summed E-state index contributed by atoms with van der Waals surface area (Å²) in [4.78, 5) is -0.407. The largest absolute Gasteiger partial charge is 0.508 e. The minimum absolute atomic E-state index is 0.00133. The number of aromatic hydroxyl groups is 2. The molecule has 0 radical (unpaired) electrons. The van der Waals surface area contributed by atoms with E-state index in [-0.39, 0.29) is 17.2 Å². The highest BCUT2D eigenvalue weighted by atomic mass is 32.2. The first-order valence-electron chi connectivity index (χ1n) is 6.78. The van der Waals surface area contributed by atoms with Crippen LogP contribution in [0.3, 0.4) is 0 Å². The summed E-state index contributed by atoms with van der Waals surface area (Å²) < 4.78 is 31.4. The van der Waals surface area contributed by atoms with E-state index in [1.165, 1.54) is 6.07 Å². The molecular formula is C16H12N2O5S. The predicted molar refractivity (Wildman–Crippen MR) is 87.7 cm³/mol. The van der Waals surface area contributed by atoms with E-state index in [0.29, 0.717) is 5.69 Å². The van der Waals surface area contributed by atoms with Gasteiger partial charge < -0.3 is 10.2 Å². The average Bonchev–Trinajstić information content (AvgIpc) is 2.52. The molecule has 3 aromatic rings. The number of azo groups is 1. The summed E-state index contributed by atoms with van der Waals surface area (Å²) in [6.45, 7) is 0. The van der Waals surface area contributed by atoms with Crippen molar-refractivity contribution in [2.24, 2.45) is 10.2 Å². The summed E-state index contributed by atoms with van der Waals surface area (Å²) in [7, 11) is -4.42. The first-order valence-corrected chi connectivity index (χ1v) is 8.22. The topological polar surface area (TPSA) is 120 Å². The van der Waals surface area contributed by atoms with E-state index in [4.69, 9.17) is 4.55 Å². The van der Waals surface area contributed by atoms with Crippen LogP contribution in [0.5, 0.6) is 11.5 Å². The van der Waals surface area contributed by atoms with Crippen molar-refractivity contribution in [1.82, 2.24) is 0 Å². The van der Waals surface area contributed by atoms with Gasteiger partial charge in [-0.1, -0.05) is 24.3 Å². The Bertz CT molecular complexity index is 1060. The van der Waals surface area contributed by atoms with Crippen molar-refractivity contribution in [2.45, 2.75) is 4.90 Å². The zero-order valence-electron chi connectivity index (χ0n) is 12.2. The maximum atomic E-state index is 11.2. The highest BCUT2D eigenvalue weighted by molar-refractivity contribution is 7.85. The van der Waals surface area contributed by atoms with Crippen LogP contribution in [0.1, 0.15) is 0 Å². The second-order valence-electron chi connectivity index (χ2n) is 5.01. The standard InChI is InChI=1S/C16H12N2O5S/c19-11-7-10-3-1-2-4-13(10)14(8-11)17-18-15-9-12(24(21,22)23)5-6-16(15)20/h1-9,19-20H,(H,21,22,23). The molecule has 0 saturated carbocycles. The van der Waals surface area contributed by atoms with E-state index in [0.717, 1.165) is 29.0 Å². The monoisotopic (exact) mass is 344 g/mol. The van der Waals surface area contributed by atoms with Gasteiger partial charge in [-0.15, -0.1) is 10.2 Å². The molecule has 122 valence electrons. The van der Waals surface area contributed by atoms with Gasteiger partial charge in [0.2, 0.25) is 0 Å². The molecule has 24 heavy (non-hydrogen) atoms. The van der Waals surface area contributed by atoms with E-state index in [1.807, 2.05) is 6.07 Å². The van der Waals surface area contributed by atoms with Gasteiger partial charge >= 0.3 is 0 Å². The van der Waals surface area contributed by atoms with Crippen molar-refractivity contribution in [3.8, 4) is 11.5 Å². The number of rotatable bonds is 3. The Morgan fingerprint density at radius 1 is 0.833 bits per heavy atom. The van der Waals surface area contributed by atoms with E-state index < -0.39 is 15.0 Å². The van der Waals surface area contributed by atoms with Gasteiger partial charge in [-0.2, -0.15) is 8.42 Å². The van der Waals surface area contributed by atoms with E-state index in [2.05, 4.69) is 10.2 Å². The molecule has 0 aromatic heterocycles. The molecule has 7 nitrogen and oxygen atoms in total. The quantitative estimate of drug-likeness (QED) is 0.491. The summed E-state index contributed by atoms with van der Waals surface area (Å²) in [5.74, 6) is -0.297. The van der Waals surface area contributed by atoms with Crippen LogP contribution in [-0.4, -0.2) is 23.2 Å². The van der Waals surface area contributed by atoms with Crippen LogP contribution in [-0.2, 0) is 10.1 Å². The lowest BCUT2D eigenvalue weighted by molar-refractivity contribution is 0.473. The Morgan fingerprint density at radius 2 is 1.54 bits per heavy atom. The summed E-state index contributed by atoms with van der Waals surface area (Å²) in [5, 5.41) is 28.8. The maximum Gasteiger partial charge on any atom is 0.294 e. The second kappa shape index (κ2) is 5.91. The fourth-order valence-corrected chi connectivity index (χ4v) is 2.71. The fourth-order valence-electron chi connectivity index (χ4n) is 2.21. The molecule has 0 aliphatic heterocycles. The van der Waals surface area contributed by atoms with Crippen LogP contribution in [0.4, 0.5) is 11.4 Å². The Kier molecular flexibility index (Phi) is 3.92. The lowest BCUT2D eigenvalue weighted by Crippen LogP contribution is -1.96. The van der Waals surface area contributed by atoms with Crippen molar-refractivity contribution in [3.63, 3.8) is 0 Å². The molecule has 3 rings (SSSR count). The van der Waals surface area contributed by atoms with E-state index in [1.54, 1.807) is 24.3 Å². The molecule has 0 aliphatic carbocycles. The zero-order valence-corrected chi connectivity index (χ0v) is 13.0. The molecule has 3 aromatic carbocycles. The van der Waals surface area contributed by atoms with Gasteiger partial charge in [-0.05, 0) is 29.7 Å². The van der Waals surface area contributed by atoms with Gasteiger partial charge in [0.05, 0.1) is 10.6 Å². The molecule has 0 saturated heterocycles. The van der Waals surface area contributed by atoms with Gasteiger partial charge in [0.15, 0.2) is 0 Å². The Hall–Kier alpha value is -2.97. The van der Waals surface area contributed by atoms with Gasteiger partial charge in [0, 0.05) is 11.5 Å². The number of hydrogen-bond donors (Lipinski definition) is 3. The molecule has 0 atom stereocenters. The van der Waals surface area contributed by atoms with Crippen LogP contribution in [0.25, 0.3) is 10.8 Å². The molecule has 8 heteroatoms. The molecule has 3 N–H and O–H groups in total. The molecular weight excluding hydrogens is 332 g/mol. The van der Waals surface area contributed by atoms with Crippen molar-refractivity contribution < 1.29 is 23.2 Å². The van der Waals surface area contributed by atoms with Crippen molar-refractivity contribution in [3.05, 3.63) is 54.6 Å². The van der Waals surface area contributed by atoms with Crippen LogP contribution in [0.15, 0.2) is 69.7 Å². The third kappa shape index (κ3) is 3.19. The number of benzene rings is 3. The average molecular weight is 344 g/mol. The number of phenols is 2. The SMILES string of the molecule is O=S(=O)(O)c1ccc(O)c(N=Nc2cc(O)cc3ccccc23)c1. The summed E-state index contributed by atoms with van der Waals surface area (Å²) >= 11 is 0. The van der Waals surface area contributed by atoms with Crippen molar-refractivity contribution in [2.75, 3.05) is 0 Å². The highest BCUT2D eigenvalue weighted by Gasteiger charge is 2.12. The molecule has 0 spiro atoms. The first kappa shape index (κ1) is 15.9. The maximum absolute atomic E-state index is 11.2. The number of phenolic OH excluding ortho intramolecular Hbond substituents is 2. The molecule has 0 bridgehead atoms. The predicted octanol–water partition coefficient (Wildman–Crippen LogP) is 3.91. The number of nitrogens with zero attached hydrogens (tertiary/aromatic N) is 2. The van der Waals surface area contributed by atoms with Gasteiger partial charge in [-0.25, -0.2) is 0 Å². The Balaban J connectivity index is 2.09.